The molecule has 0 aliphatic rings. The summed E-state index contributed by atoms with van der Waals surface area (Å²) in [5, 5.41) is 8.64. The molecule has 7 heteroatoms. The van der Waals surface area contributed by atoms with Crippen LogP contribution in [0.15, 0.2) is 41.2 Å². The lowest BCUT2D eigenvalue weighted by Gasteiger charge is -2.07. The molecule has 0 N–H and O–H groups in total. The van der Waals surface area contributed by atoms with Crippen molar-refractivity contribution in [3.05, 3.63) is 52.6 Å². The second-order valence-electron chi connectivity index (χ2n) is 5.05. The second kappa shape index (κ2) is 6.04. The normalized spacial score (nSPS) is 11.6. The summed E-state index contributed by atoms with van der Waals surface area (Å²) in [5.74, 6) is 0.437. The van der Waals surface area contributed by atoms with Gasteiger partial charge in [0.25, 0.3) is 5.56 Å². The van der Waals surface area contributed by atoms with Crippen molar-refractivity contribution >= 4 is 22.6 Å². The first-order valence-corrected chi connectivity index (χ1v) is 7.28. The van der Waals surface area contributed by atoms with E-state index in [4.69, 9.17) is 4.74 Å². The minimum Gasteiger partial charge on any atom is -0.454 e. The molecule has 0 saturated carbocycles. The van der Waals surface area contributed by atoms with Gasteiger partial charge in [-0.25, -0.2) is 4.79 Å². The SMILES string of the molecule is CC/C=C/C(=O)OCc1nnc2n(C)c(=O)c3ccccc3n12. The molecule has 2 aromatic heterocycles. The molecule has 1 aromatic carbocycles. The van der Waals surface area contributed by atoms with Crippen molar-refractivity contribution < 1.29 is 9.53 Å². The van der Waals surface area contributed by atoms with Gasteiger partial charge >= 0.3 is 5.97 Å². The topological polar surface area (TPSA) is 78.5 Å². The van der Waals surface area contributed by atoms with Crippen LogP contribution in [0.3, 0.4) is 0 Å². The molecule has 3 rings (SSSR count). The van der Waals surface area contributed by atoms with Gasteiger partial charge in [0.1, 0.15) is 0 Å². The number of rotatable bonds is 4. The quantitative estimate of drug-likeness (QED) is 0.540. The molecule has 0 fully saturated rings. The van der Waals surface area contributed by atoms with Crippen molar-refractivity contribution in [3.8, 4) is 0 Å². The Hall–Kier alpha value is -2.96. The first-order chi connectivity index (χ1) is 11.1. The maximum Gasteiger partial charge on any atom is 0.330 e. The molecule has 0 aliphatic carbocycles. The number of aromatic nitrogens is 4. The lowest BCUT2D eigenvalue weighted by atomic mass is 10.2. The molecule has 0 aliphatic heterocycles. The van der Waals surface area contributed by atoms with Gasteiger partial charge < -0.3 is 4.74 Å². The van der Waals surface area contributed by atoms with E-state index in [9.17, 15) is 9.59 Å². The van der Waals surface area contributed by atoms with Crippen LogP contribution < -0.4 is 5.56 Å². The maximum atomic E-state index is 12.3. The number of para-hydroxylation sites is 1. The molecule has 0 saturated heterocycles. The molecule has 2 heterocycles. The van der Waals surface area contributed by atoms with Gasteiger partial charge in [-0.1, -0.05) is 25.1 Å². The summed E-state index contributed by atoms with van der Waals surface area (Å²) in [6, 6.07) is 7.20. The molecule has 23 heavy (non-hydrogen) atoms. The molecule has 0 unspecified atom stereocenters. The smallest absolute Gasteiger partial charge is 0.330 e. The minimum atomic E-state index is -0.433. The fraction of sp³-hybridized carbons (Fsp3) is 0.250. The van der Waals surface area contributed by atoms with E-state index >= 15 is 0 Å². The number of ether oxygens (including phenoxy) is 1. The summed E-state index contributed by atoms with van der Waals surface area (Å²) >= 11 is 0. The monoisotopic (exact) mass is 312 g/mol. The first-order valence-electron chi connectivity index (χ1n) is 7.28. The lowest BCUT2D eigenvalue weighted by molar-refractivity contribution is -0.139. The lowest BCUT2D eigenvalue weighted by Crippen LogP contribution is -2.20. The predicted octanol–water partition coefficient (Wildman–Crippen LogP) is 1.59. The summed E-state index contributed by atoms with van der Waals surface area (Å²) in [6.45, 7) is 1.92. The van der Waals surface area contributed by atoms with Crippen molar-refractivity contribution in [2.75, 3.05) is 0 Å². The van der Waals surface area contributed by atoms with Crippen molar-refractivity contribution in [3.63, 3.8) is 0 Å². The number of carbonyl (C=O) groups excluding carboxylic acids is 1. The van der Waals surface area contributed by atoms with Crippen LogP contribution in [0.4, 0.5) is 0 Å². The zero-order valence-electron chi connectivity index (χ0n) is 12.9. The number of nitrogens with zero attached hydrogens (tertiary/aromatic N) is 4. The highest BCUT2D eigenvalue weighted by atomic mass is 16.5. The Morgan fingerprint density at radius 3 is 2.87 bits per heavy atom. The van der Waals surface area contributed by atoms with Crippen LogP contribution in [0.5, 0.6) is 0 Å². The average Bonchev–Trinajstić information content (AvgIpc) is 3.00. The highest BCUT2D eigenvalue weighted by Gasteiger charge is 2.15. The van der Waals surface area contributed by atoms with E-state index in [0.717, 1.165) is 6.42 Å². The van der Waals surface area contributed by atoms with Crippen LogP contribution in [0.25, 0.3) is 16.7 Å². The van der Waals surface area contributed by atoms with Crippen molar-refractivity contribution in [1.82, 2.24) is 19.2 Å². The number of carbonyl (C=O) groups is 1. The number of hydrogen-bond acceptors (Lipinski definition) is 5. The summed E-state index contributed by atoms with van der Waals surface area (Å²) in [4.78, 5) is 23.9. The standard InChI is InChI=1S/C16H16N4O3/c1-3-4-9-14(21)23-10-13-17-18-16-19(2)15(22)11-7-5-6-8-12(11)20(13)16/h4-9H,3,10H2,1-2H3/b9-4+. The number of aryl methyl sites for hydroxylation is 1. The Kier molecular flexibility index (Phi) is 3.92. The number of esters is 1. The van der Waals surface area contributed by atoms with Gasteiger partial charge in [0.15, 0.2) is 12.4 Å². The molecule has 0 radical (unpaired) electrons. The molecule has 0 spiro atoms. The third-order valence-electron chi connectivity index (χ3n) is 3.53. The fourth-order valence-electron chi connectivity index (χ4n) is 2.38. The Morgan fingerprint density at radius 1 is 1.30 bits per heavy atom. The third kappa shape index (κ3) is 2.61. The van der Waals surface area contributed by atoms with Crippen LogP contribution >= 0.6 is 0 Å². The van der Waals surface area contributed by atoms with Gasteiger partial charge in [-0.15, -0.1) is 10.2 Å². The summed E-state index contributed by atoms with van der Waals surface area (Å²) in [7, 11) is 1.64. The first kappa shape index (κ1) is 15.0. The Labute approximate surface area is 131 Å². The van der Waals surface area contributed by atoms with E-state index in [2.05, 4.69) is 10.2 Å². The highest BCUT2D eigenvalue weighted by Crippen LogP contribution is 2.14. The van der Waals surface area contributed by atoms with Gasteiger partial charge in [0, 0.05) is 13.1 Å². The molecule has 7 nitrogen and oxygen atoms in total. The molecule has 0 amide bonds. The Morgan fingerprint density at radius 2 is 2.09 bits per heavy atom. The van der Waals surface area contributed by atoms with E-state index in [0.29, 0.717) is 22.5 Å². The van der Waals surface area contributed by atoms with Gasteiger partial charge in [0.05, 0.1) is 10.9 Å². The Bertz CT molecular complexity index is 969. The van der Waals surface area contributed by atoms with Gasteiger partial charge in [-0.2, -0.15) is 0 Å². The van der Waals surface area contributed by atoms with E-state index in [1.807, 2.05) is 19.1 Å². The largest absolute Gasteiger partial charge is 0.454 e. The summed E-state index contributed by atoms with van der Waals surface area (Å²) < 4.78 is 8.34. The zero-order chi connectivity index (χ0) is 16.4. The molecule has 118 valence electrons. The third-order valence-corrected chi connectivity index (χ3v) is 3.53. The number of allylic oxidation sites excluding steroid dienone is 1. The average molecular weight is 312 g/mol. The predicted molar refractivity (Wildman–Crippen MR) is 85.0 cm³/mol. The van der Waals surface area contributed by atoms with Crippen LogP contribution in [0, 0.1) is 0 Å². The zero-order valence-corrected chi connectivity index (χ0v) is 12.9. The molecule has 0 atom stereocenters. The maximum absolute atomic E-state index is 12.3. The number of fused-ring (bicyclic) bond motifs is 3. The summed E-state index contributed by atoms with van der Waals surface area (Å²) in [6.07, 6.45) is 3.87. The van der Waals surface area contributed by atoms with Gasteiger partial charge in [0.2, 0.25) is 5.78 Å². The Balaban J connectivity index is 2.08. The number of benzene rings is 1. The second-order valence-corrected chi connectivity index (χ2v) is 5.05. The van der Waals surface area contributed by atoms with Crippen LogP contribution in [0.1, 0.15) is 19.2 Å². The van der Waals surface area contributed by atoms with E-state index < -0.39 is 5.97 Å². The fourth-order valence-corrected chi connectivity index (χ4v) is 2.38. The number of hydrogen-bond donors (Lipinski definition) is 0. The molecular formula is C16H16N4O3. The minimum absolute atomic E-state index is 0.0176. The van der Waals surface area contributed by atoms with Crippen molar-refractivity contribution in [1.29, 1.82) is 0 Å². The van der Waals surface area contributed by atoms with Crippen molar-refractivity contribution in [2.45, 2.75) is 20.0 Å². The van der Waals surface area contributed by atoms with Gasteiger partial charge in [-0.3, -0.25) is 13.8 Å². The molecule has 3 aromatic rings. The highest BCUT2D eigenvalue weighted by molar-refractivity contribution is 5.82. The van der Waals surface area contributed by atoms with E-state index in [1.165, 1.54) is 10.6 Å². The summed E-state index contributed by atoms with van der Waals surface area (Å²) in [5.41, 5.74) is 0.542. The van der Waals surface area contributed by atoms with Crippen LogP contribution in [-0.2, 0) is 23.2 Å². The van der Waals surface area contributed by atoms with Crippen molar-refractivity contribution in [2.24, 2.45) is 7.05 Å². The molecular weight excluding hydrogens is 296 g/mol. The van der Waals surface area contributed by atoms with E-state index in [-0.39, 0.29) is 12.2 Å². The van der Waals surface area contributed by atoms with Gasteiger partial charge in [-0.05, 0) is 18.6 Å². The molecule has 0 bridgehead atoms. The van der Waals surface area contributed by atoms with E-state index in [1.54, 1.807) is 29.7 Å². The van der Waals surface area contributed by atoms with Crippen LogP contribution in [0.2, 0.25) is 0 Å². The van der Waals surface area contributed by atoms with Crippen LogP contribution in [-0.4, -0.2) is 25.1 Å².